The third kappa shape index (κ3) is 3.31. The average Bonchev–Trinajstić information content (AvgIpc) is 2.91. The fourth-order valence-corrected chi connectivity index (χ4v) is 4.29. The molecule has 1 fully saturated rings. The minimum atomic E-state index is 0.356. The standard InChI is InChI=1S/C16H21NOS2/c1-18-9-8-16(6-7-16)12-17-15(13-4-2-10-19-13)14-5-3-11-20-14/h2-5,10-11,15,17H,6-9,12H2,1H3. The van der Waals surface area contributed by atoms with Crippen molar-refractivity contribution >= 4 is 22.7 Å². The van der Waals surface area contributed by atoms with Crippen molar-refractivity contribution in [3.8, 4) is 0 Å². The van der Waals surface area contributed by atoms with Gasteiger partial charge < -0.3 is 10.1 Å². The number of thiophene rings is 2. The highest BCUT2D eigenvalue weighted by molar-refractivity contribution is 7.11. The number of ether oxygens (including phenoxy) is 1. The molecule has 0 amide bonds. The number of hydrogen-bond acceptors (Lipinski definition) is 4. The highest BCUT2D eigenvalue weighted by Gasteiger charge is 2.42. The lowest BCUT2D eigenvalue weighted by Crippen LogP contribution is -2.29. The SMILES string of the molecule is COCCC1(CNC(c2cccs2)c2cccs2)CC1. The third-order valence-electron chi connectivity index (χ3n) is 4.13. The van der Waals surface area contributed by atoms with Crippen LogP contribution in [0, 0.1) is 5.41 Å². The molecule has 2 aromatic heterocycles. The topological polar surface area (TPSA) is 21.3 Å². The van der Waals surface area contributed by atoms with Gasteiger partial charge in [-0.1, -0.05) is 12.1 Å². The summed E-state index contributed by atoms with van der Waals surface area (Å²) in [5.74, 6) is 0. The molecule has 3 rings (SSSR count). The smallest absolute Gasteiger partial charge is 0.0765 e. The van der Waals surface area contributed by atoms with Crippen molar-refractivity contribution in [3.63, 3.8) is 0 Å². The van der Waals surface area contributed by atoms with Crippen LogP contribution in [0.2, 0.25) is 0 Å². The van der Waals surface area contributed by atoms with Crippen LogP contribution >= 0.6 is 22.7 Å². The first-order valence-corrected chi connectivity index (χ1v) is 8.88. The first kappa shape index (κ1) is 14.3. The molecule has 2 aromatic rings. The summed E-state index contributed by atoms with van der Waals surface area (Å²) in [7, 11) is 1.80. The van der Waals surface area contributed by atoms with Gasteiger partial charge in [-0.3, -0.25) is 0 Å². The van der Waals surface area contributed by atoms with E-state index in [4.69, 9.17) is 4.74 Å². The molecule has 108 valence electrons. The molecule has 1 saturated carbocycles. The summed E-state index contributed by atoms with van der Waals surface area (Å²) in [5.41, 5.74) is 0.489. The van der Waals surface area contributed by atoms with Crippen LogP contribution in [0.15, 0.2) is 35.0 Å². The number of nitrogens with one attached hydrogen (secondary N) is 1. The van der Waals surface area contributed by atoms with Crippen molar-refractivity contribution in [3.05, 3.63) is 44.8 Å². The average molecular weight is 307 g/mol. The van der Waals surface area contributed by atoms with Gasteiger partial charge in [0.25, 0.3) is 0 Å². The van der Waals surface area contributed by atoms with Crippen LogP contribution in [0.4, 0.5) is 0 Å². The molecule has 0 radical (unpaired) electrons. The molecule has 0 unspecified atom stereocenters. The van der Waals surface area contributed by atoms with E-state index < -0.39 is 0 Å². The highest BCUT2D eigenvalue weighted by atomic mass is 32.1. The lowest BCUT2D eigenvalue weighted by atomic mass is 10.0. The Labute approximate surface area is 128 Å². The third-order valence-corrected chi connectivity index (χ3v) is 6.00. The monoisotopic (exact) mass is 307 g/mol. The van der Waals surface area contributed by atoms with Gasteiger partial charge in [0, 0.05) is 30.0 Å². The van der Waals surface area contributed by atoms with Gasteiger partial charge in [-0.15, -0.1) is 22.7 Å². The Kier molecular flexibility index (Phi) is 4.56. The summed E-state index contributed by atoms with van der Waals surface area (Å²) in [6.45, 7) is 1.97. The van der Waals surface area contributed by atoms with Crippen LogP contribution in [0.25, 0.3) is 0 Å². The van der Waals surface area contributed by atoms with E-state index in [1.165, 1.54) is 29.0 Å². The van der Waals surface area contributed by atoms with E-state index in [-0.39, 0.29) is 0 Å². The van der Waals surface area contributed by atoms with E-state index in [9.17, 15) is 0 Å². The zero-order valence-corrected chi connectivity index (χ0v) is 13.4. The molecule has 20 heavy (non-hydrogen) atoms. The second-order valence-corrected chi connectivity index (χ2v) is 7.55. The molecular formula is C16H21NOS2. The first-order valence-electron chi connectivity index (χ1n) is 7.12. The van der Waals surface area contributed by atoms with Crippen LogP contribution in [0.1, 0.15) is 35.1 Å². The maximum atomic E-state index is 5.25. The Bertz CT molecular complexity index is 468. The number of rotatable bonds is 8. The fraction of sp³-hybridized carbons (Fsp3) is 0.500. The lowest BCUT2D eigenvalue weighted by molar-refractivity contribution is 0.170. The summed E-state index contributed by atoms with van der Waals surface area (Å²) >= 11 is 3.68. The minimum Gasteiger partial charge on any atom is -0.385 e. The van der Waals surface area contributed by atoms with Gasteiger partial charge in [-0.05, 0) is 47.6 Å². The van der Waals surface area contributed by atoms with E-state index in [0.29, 0.717) is 11.5 Å². The summed E-state index contributed by atoms with van der Waals surface area (Å²) < 4.78 is 5.25. The Morgan fingerprint density at radius 2 is 1.85 bits per heavy atom. The fourth-order valence-electron chi connectivity index (χ4n) is 2.58. The molecule has 1 aliphatic carbocycles. The molecule has 2 heterocycles. The van der Waals surface area contributed by atoms with Crippen LogP contribution in [0.5, 0.6) is 0 Å². The van der Waals surface area contributed by atoms with E-state index in [0.717, 1.165) is 13.2 Å². The predicted octanol–water partition coefficient (Wildman–Crippen LogP) is 4.31. The summed E-state index contributed by atoms with van der Waals surface area (Å²) in [5, 5.41) is 8.13. The lowest BCUT2D eigenvalue weighted by Gasteiger charge is -2.21. The predicted molar refractivity (Wildman–Crippen MR) is 86.6 cm³/mol. The van der Waals surface area contributed by atoms with E-state index in [1.54, 1.807) is 7.11 Å². The molecule has 0 spiro atoms. The Hall–Kier alpha value is -0.680. The number of hydrogen-bond donors (Lipinski definition) is 1. The van der Waals surface area contributed by atoms with Gasteiger partial charge >= 0.3 is 0 Å². The Morgan fingerprint density at radius 3 is 2.30 bits per heavy atom. The van der Waals surface area contributed by atoms with Crippen LogP contribution in [-0.4, -0.2) is 20.3 Å². The molecule has 2 nitrogen and oxygen atoms in total. The van der Waals surface area contributed by atoms with Crippen molar-refractivity contribution in [1.82, 2.24) is 5.32 Å². The normalized spacial score (nSPS) is 16.7. The van der Waals surface area contributed by atoms with E-state index >= 15 is 0 Å². The van der Waals surface area contributed by atoms with Crippen LogP contribution in [0.3, 0.4) is 0 Å². The van der Waals surface area contributed by atoms with Gasteiger partial charge in [0.05, 0.1) is 6.04 Å². The number of methoxy groups -OCH3 is 1. The van der Waals surface area contributed by atoms with Gasteiger partial charge in [0.15, 0.2) is 0 Å². The maximum absolute atomic E-state index is 5.25. The second kappa shape index (κ2) is 6.39. The first-order chi connectivity index (χ1) is 9.83. The second-order valence-electron chi connectivity index (χ2n) is 5.59. The van der Waals surface area contributed by atoms with E-state index in [2.05, 4.69) is 40.3 Å². The van der Waals surface area contributed by atoms with Crippen molar-refractivity contribution in [2.75, 3.05) is 20.3 Å². The minimum absolute atomic E-state index is 0.356. The molecule has 4 heteroatoms. The van der Waals surface area contributed by atoms with Crippen molar-refractivity contribution < 1.29 is 4.74 Å². The molecule has 0 atom stereocenters. The Morgan fingerprint density at radius 1 is 1.20 bits per heavy atom. The van der Waals surface area contributed by atoms with E-state index in [1.807, 2.05) is 22.7 Å². The molecule has 0 aliphatic heterocycles. The Balaban J connectivity index is 1.66. The van der Waals surface area contributed by atoms with Crippen molar-refractivity contribution in [2.24, 2.45) is 5.41 Å². The summed E-state index contributed by atoms with van der Waals surface area (Å²) in [4.78, 5) is 2.82. The molecule has 1 aliphatic rings. The summed E-state index contributed by atoms with van der Waals surface area (Å²) in [6, 6.07) is 9.10. The largest absolute Gasteiger partial charge is 0.385 e. The van der Waals surface area contributed by atoms with Gasteiger partial charge in [-0.2, -0.15) is 0 Å². The van der Waals surface area contributed by atoms with Crippen molar-refractivity contribution in [1.29, 1.82) is 0 Å². The van der Waals surface area contributed by atoms with Gasteiger partial charge in [0.1, 0.15) is 0 Å². The van der Waals surface area contributed by atoms with Crippen molar-refractivity contribution in [2.45, 2.75) is 25.3 Å². The molecule has 0 aromatic carbocycles. The molecule has 0 saturated heterocycles. The maximum Gasteiger partial charge on any atom is 0.0765 e. The van der Waals surface area contributed by atoms with Crippen LogP contribution < -0.4 is 5.32 Å². The zero-order valence-electron chi connectivity index (χ0n) is 11.8. The van der Waals surface area contributed by atoms with Gasteiger partial charge in [-0.25, -0.2) is 0 Å². The molecule has 0 bridgehead atoms. The van der Waals surface area contributed by atoms with Gasteiger partial charge in [0.2, 0.25) is 0 Å². The highest BCUT2D eigenvalue weighted by Crippen LogP contribution is 2.48. The summed E-state index contributed by atoms with van der Waals surface area (Å²) in [6.07, 6.45) is 3.86. The molecular weight excluding hydrogens is 286 g/mol. The van der Waals surface area contributed by atoms with Crippen LogP contribution in [-0.2, 0) is 4.74 Å². The quantitative estimate of drug-likeness (QED) is 0.785. The molecule has 1 N–H and O–H groups in total. The zero-order chi connectivity index (χ0) is 13.8.